The second kappa shape index (κ2) is 17.2. The molecule has 55 heavy (non-hydrogen) atoms. The zero-order valence-electron chi connectivity index (χ0n) is 30.7. The van der Waals surface area contributed by atoms with Crippen molar-refractivity contribution < 1.29 is 55.9 Å². The minimum atomic E-state index is -4.33. The van der Waals surface area contributed by atoms with Gasteiger partial charge in [-0.3, -0.25) is 4.79 Å². The summed E-state index contributed by atoms with van der Waals surface area (Å²) < 4.78 is 79.7. The first-order valence-corrected chi connectivity index (χ1v) is 19.7. The zero-order valence-corrected chi connectivity index (χ0v) is 31.5. The number of ether oxygens (including phenoxy) is 4. The number of aliphatic hydroxyl groups excluding tert-OH is 1. The van der Waals surface area contributed by atoms with E-state index in [2.05, 4.69) is 5.32 Å². The molecule has 3 aromatic rings. The Kier molecular flexibility index (Phi) is 12.6. The van der Waals surface area contributed by atoms with Crippen LogP contribution in [-0.2, 0) is 25.9 Å². The van der Waals surface area contributed by atoms with E-state index in [0.29, 0.717) is 44.1 Å². The number of sulfonamides is 1. The highest BCUT2D eigenvalue weighted by molar-refractivity contribution is 7.89. The van der Waals surface area contributed by atoms with Crippen molar-refractivity contribution in [2.45, 2.75) is 75.3 Å². The second-order valence-electron chi connectivity index (χ2n) is 14.9. The maximum Gasteiger partial charge on any atom is 0.251 e. The van der Waals surface area contributed by atoms with Crippen LogP contribution >= 0.6 is 0 Å². The SMILES string of the molecule is CC(C)(CCCCNC(=O)c1cc(F)cc(F)c1)CN(C[C@@H](O)[C@H](Cc1ccccc1)N(C(=O)[O-])[C@H]1CO[C@H]2OCC[C@H]21)S(=O)(=O)c1ccc2c(c1)OCO2. The molecule has 2 fully saturated rings. The van der Waals surface area contributed by atoms with Gasteiger partial charge in [-0.15, -0.1) is 0 Å². The third kappa shape index (κ3) is 9.73. The van der Waals surface area contributed by atoms with E-state index in [-0.39, 0.29) is 55.0 Å². The fourth-order valence-corrected chi connectivity index (χ4v) is 9.22. The molecule has 3 aliphatic rings. The van der Waals surface area contributed by atoms with Crippen LogP contribution in [0.5, 0.6) is 11.5 Å². The number of carbonyl (C=O) groups excluding carboxylic acids is 2. The molecule has 2 saturated heterocycles. The maximum absolute atomic E-state index is 14.5. The molecule has 298 valence electrons. The Hall–Kier alpha value is -4.35. The van der Waals surface area contributed by atoms with Crippen LogP contribution in [0.2, 0.25) is 0 Å². The molecule has 5 atom stereocenters. The van der Waals surface area contributed by atoms with Crippen LogP contribution in [0.1, 0.15) is 55.5 Å². The van der Waals surface area contributed by atoms with Crippen LogP contribution in [0.25, 0.3) is 0 Å². The standard InChI is InChI=1S/C39H47F2N3O10S/c1-39(2,13-6-7-14-42-36(46)26-17-27(40)19-28(41)18-26)23-43(55(49,50)29-10-11-34-35(20-29)54-24-53-34)21-33(45)31(16-25-8-4-3-5-9-25)44(38(47)48)32-22-52-37-30(32)12-15-51-37/h3-5,8-11,17-20,30-33,37,45H,6-7,12-16,21-24H2,1-2H3,(H,42,46)(H,47,48)/p-1/t30-,31-,32-,33+,37+/m0/s1. The summed E-state index contributed by atoms with van der Waals surface area (Å²) in [5, 5.41) is 27.7. The van der Waals surface area contributed by atoms with Gasteiger partial charge in [-0.25, -0.2) is 17.2 Å². The lowest BCUT2D eigenvalue weighted by atomic mass is 9.87. The summed E-state index contributed by atoms with van der Waals surface area (Å²) >= 11 is 0. The number of nitrogens with zero attached hydrogens (tertiary/aromatic N) is 2. The highest BCUT2D eigenvalue weighted by Gasteiger charge is 2.47. The maximum atomic E-state index is 14.5. The lowest BCUT2D eigenvalue weighted by Gasteiger charge is -2.43. The summed E-state index contributed by atoms with van der Waals surface area (Å²) in [7, 11) is -4.33. The van der Waals surface area contributed by atoms with E-state index in [9.17, 15) is 37.0 Å². The Morgan fingerprint density at radius 2 is 1.73 bits per heavy atom. The van der Waals surface area contributed by atoms with Gasteiger partial charge in [0.25, 0.3) is 5.91 Å². The summed E-state index contributed by atoms with van der Waals surface area (Å²) in [5.74, 6) is -1.98. The lowest BCUT2D eigenvalue weighted by molar-refractivity contribution is -0.273. The van der Waals surface area contributed by atoms with Crippen molar-refractivity contribution in [2.75, 3.05) is 39.6 Å². The van der Waals surface area contributed by atoms with Crippen molar-refractivity contribution in [3.8, 4) is 11.5 Å². The first-order valence-electron chi connectivity index (χ1n) is 18.3. The number of hydrogen-bond acceptors (Lipinski definition) is 10. The highest BCUT2D eigenvalue weighted by atomic mass is 32.2. The molecular weight excluding hydrogens is 741 g/mol. The normalized spacial score (nSPS) is 20.3. The van der Waals surface area contributed by atoms with Gasteiger partial charge in [-0.1, -0.05) is 50.6 Å². The van der Waals surface area contributed by atoms with Crippen LogP contribution < -0.4 is 19.9 Å². The molecule has 16 heteroatoms. The Bertz CT molecular complexity index is 1920. The number of amides is 2. The summed E-state index contributed by atoms with van der Waals surface area (Å²) in [6, 6.07) is 14.1. The van der Waals surface area contributed by atoms with Gasteiger partial charge in [0.1, 0.15) is 17.7 Å². The predicted molar refractivity (Wildman–Crippen MR) is 192 cm³/mol. The summed E-state index contributed by atoms with van der Waals surface area (Å²) in [6.07, 6.45) is -1.46. The van der Waals surface area contributed by atoms with Crippen LogP contribution in [0, 0.1) is 23.0 Å². The Balaban J connectivity index is 1.22. The fraction of sp³-hybridized carbons (Fsp3) is 0.487. The van der Waals surface area contributed by atoms with E-state index in [1.165, 1.54) is 22.5 Å². The number of carbonyl (C=O) groups is 2. The largest absolute Gasteiger partial charge is 0.530 e. The molecule has 0 saturated carbocycles. The average Bonchev–Trinajstić information content (AvgIpc) is 3.89. The fourth-order valence-electron chi connectivity index (χ4n) is 7.56. The average molecular weight is 787 g/mol. The summed E-state index contributed by atoms with van der Waals surface area (Å²) in [4.78, 5) is 26.4. The van der Waals surface area contributed by atoms with Gasteiger partial charge >= 0.3 is 0 Å². The van der Waals surface area contributed by atoms with Gasteiger partial charge in [-0.05, 0) is 60.9 Å². The van der Waals surface area contributed by atoms with Crippen LogP contribution in [-0.4, -0.2) is 98.8 Å². The molecule has 3 heterocycles. The van der Waals surface area contributed by atoms with Gasteiger partial charge < -0.3 is 44.2 Å². The molecule has 2 N–H and O–H groups in total. The highest BCUT2D eigenvalue weighted by Crippen LogP contribution is 2.38. The number of halogens is 2. The van der Waals surface area contributed by atoms with E-state index < -0.39 is 70.1 Å². The predicted octanol–water partition coefficient (Wildman–Crippen LogP) is 3.69. The Morgan fingerprint density at radius 1 is 1.00 bits per heavy atom. The van der Waals surface area contributed by atoms with Crippen LogP contribution in [0.4, 0.5) is 13.6 Å². The molecule has 0 bridgehead atoms. The van der Waals surface area contributed by atoms with E-state index in [4.69, 9.17) is 18.9 Å². The summed E-state index contributed by atoms with van der Waals surface area (Å²) in [6.45, 7) is 3.81. The smallest absolute Gasteiger partial charge is 0.251 e. The number of carboxylic acid groups (broad SMARTS) is 1. The second-order valence-corrected chi connectivity index (χ2v) is 16.9. The quantitative estimate of drug-likeness (QED) is 0.193. The third-order valence-corrected chi connectivity index (χ3v) is 12.1. The first-order chi connectivity index (χ1) is 26.2. The number of fused-ring (bicyclic) bond motifs is 2. The molecule has 0 unspecified atom stereocenters. The summed E-state index contributed by atoms with van der Waals surface area (Å²) in [5.41, 5.74) is -0.0911. The number of unbranched alkanes of at least 4 members (excludes halogenated alkanes) is 1. The minimum Gasteiger partial charge on any atom is -0.530 e. The molecule has 3 aromatic carbocycles. The number of rotatable bonds is 17. The van der Waals surface area contributed by atoms with Crippen molar-refractivity contribution >= 4 is 22.0 Å². The molecular formula is C39H46F2N3O10S-. The monoisotopic (exact) mass is 786 g/mol. The molecule has 2 amide bonds. The van der Waals surface area contributed by atoms with Crippen LogP contribution in [0.3, 0.4) is 0 Å². The van der Waals surface area contributed by atoms with Crippen molar-refractivity contribution in [1.29, 1.82) is 0 Å². The lowest BCUT2D eigenvalue weighted by Crippen LogP contribution is -2.61. The number of hydrogen-bond donors (Lipinski definition) is 2. The third-order valence-electron chi connectivity index (χ3n) is 10.3. The Morgan fingerprint density at radius 3 is 2.45 bits per heavy atom. The van der Waals surface area contributed by atoms with Crippen molar-refractivity contribution in [3.05, 3.63) is 89.5 Å². The van der Waals surface area contributed by atoms with Gasteiger partial charge in [-0.2, -0.15) is 4.31 Å². The van der Waals surface area contributed by atoms with Crippen molar-refractivity contribution in [2.24, 2.45) is 11.3 Å². The molecule has 3 aliphatic heterocycles. The Labute approximate surface area is 319 Å². The molecule has 13 nitrogen and oxygen atoms in total. The van der Waals surface area contributed by atoms with E-state index in [0.717, 1.165) is 22.6 Å². The molecule has 0 radical (unpaired) electrons. The first kappa shape index (κ1) is 40.3. The van der Waals surface area contributed by atoms with Crippen LogP contribution in [0.15, 0.2) is 71.6 Å². The van der Waals surface area contributed by atoms with E-state index in [1.807, 2.05) is 32.0 Å². The minimum absolute atomic E-state index is 0.0349. The topological polar surface area (TPSA) is 167 Å². The molecule has 0 spiro atoms. The molecule has 0 aromatic heterocycles. The van der Waals surface area contributed by atoms with Gasteiger partial charge in [0, 0.05) is 43.2 Å². The molecule has 6 rings (SSSR count). The zero-order chi connectivity index (χ0) is 39.3. The van der Waals surface area contributed by atoms with Crippen molar-refractivity contribution in [1.82, 2.24) is 14.5 Å². The van der Waals surface area contributed by atoms with E-state index >= 15 is 0 Å². The number of aliphatic hydroxyl groups is 1. The molecule has 0 aliphatic carbocycles. The van der Waals surface area contributed by atoms with E-state index in [1.54, 1.807) is 12.1 Å². The van der Waals surface area contributed by atoms with Gasteiger partial charge in [0.15, 0.2) is 17.8 Å². The van der Waals surface area contributed by atoms with Gasteiger partial charge in [0.05, 0.1) is 36.3 Å². The van der Waals surface area contributed by atoms with Crippen molar-refractivity contribution in [3.63, 3.8) is 0 Å². The van der Waals surface area contributed by atoms with Gasteiger partial charge in [0.2, 0.25) is 16.8 Å². The number of nitrogens with one attached hydrogen (secondary N) is 1. The number of benzene rings is 3.